The van der Waals surface area contributed by atoms with Crippen LogP contribution in [0.1, 0.15) is 0 Å². The number of para-hydroxylation sites is 1. The second kappa shape index (κ2) is 9.76. The monoisotopic (exact) mass is 647 g/mol. The van der Waals surface area contributed by atoms with Crippen molar-refractivity contribution in [2.24, 2.45) is 0 Å². The smallest absolute Gasteiger partial charge is 0.204 e. The third-order valence-electron chi connectivity index (χ3n) is 9.63. The molecule has 9 aromatic rings. The predicted molar refractivity (Wildman–Crippen MR) is 190 cm³/mol. The zero-order valence-electron chi connectivity index (χ0n) is 25.3. The Bertz CT molecular complexity index is 2850. The number of phenols is 8. The maximum absolute atomic E-state index is 11.7. The molecular weight excluding hydrogens is 622 g/mol. The van der Waals surface area contributed by atoms with Crippen LogP contribution in [0.2, 0.25) is 0 Å². The standard InChI is InChI=1S/C40H25NO8/c42-33-29-27(18-13-14-26-23(16-18)22-11-5-6-12-25(22)41-26)30-32(36(45)40(49)38(47)34(30)43)28(31(29)35(44)39(48)37(33)46)24-15-17-7-1-2-8-19(17)20-9-3-4-10-21(20)24/h1-16,41-49H. The van der Waals surface area contributed by atoms with Crippen molar-refractivity contribution in [3.63, 3.8) is 0 Å². The molecule has 9 N–H and O–H groups in total. The quantitative estimate of drug-likeness (QED) is 0.0386. The van der Waals surface area contributed by atoms with E-state index in [9.17, 15) is 40.9 Å². The summed E-state index contributed by atoms with van der Waals surface area (Å²) in [6.45, 7) is 0. The number of hydrogen-bond donors (Lipinski definition) is 9. The van der Waals surface area contributed by atoms with Crippen molar-refractivity contribution >= 4 is 64.9 Å². The van der Waals surface area contributed by atoms with Gasteiger partial charge in [-0.15, -0.1) is 0 Å². The van der Waals surface area contributed by atoms with Crippen molar-refractivity contribution in [2.75, 3.05) is 0 Å². The fourth-order valence-corrected chi connectivity index (χ4v) is 7.44. The topological polar surface area (TPSA) is 178 Å². The number of aromatic amines is 1. The van der Waals surface area contributed by atoms with Crippen LogP contribution in [-0.2, 0) is 0 Å². The molecule has 0 bridgehead atoms. The Morgan fingerprint density at radius 2 is 0.816 bits per heavy atom. The third kappa shape index (κ3) is 3.63. The number of fused-ring (bicyclic) bond motifs is 8. The number of H-pyrrole nitrogens is 1. The molecule has 0 aliphatic heterocycles. The van der Waals surface area contributed by atoms with E-state index in [-0.39, 0.29) is 32.7 Å². The van der Waals surface area contributed by atoms with Gasteiger partial charge in [0, 0.05) is 54.5 Å². The van der Waals surface area contributed by atoms with E-state index in [0.717, 1.165) is 38.0 Å². The Morgan fingerprint density at radius 3 is 1.43 bits per heavy atom. The molecule has 0 spiro atoms. The Morgan fingerprint density at radius 1 is 0.347 bits per heavy atom. The molecule has 0 saturated heterocycles. The molecule has 0 saturated carbocycles. The van der Waals surface area contributed by atoms with E-state index in [1.54, 1.807) is 30.3 Å². The highest BCUT2D eigenvalue weighted by atomic mass is 16.4. The van der Waals surface area contributed by atoms with E-state index in [1.165, 1.54) is 0 Å². The molecule has 0 atom stereocenters. The van der Waals surface area contributed by atoms with Crippen LogP contribution in [0.25, 0.3) is 87.1 Å². The molecule has 49 heavy (non-hydrogen) atoms. The molecule has 0 radical (unpaired) electrons. The summed E-state index contributed by atoms with van der Waals surface area (Å²) in [5.74, 6) is -7.33. The van der Waals surface area contributed by atoms with Crippen LogP contribution in [0.4, 0.5) is 0 Å². The molecule has 9 rings (SSSR count). The van der Waals surface area contributed by atoms with Gasteiger partial charge in [0.15, 0.2) is 23.0 Å². The highest BCUT2D eigenvalue weighted by Gasteiger charge is 2.33. The largest absolute Gasteiger partial charge is 0.504 e. The van der Waals surface area contributed by atoms with E-state index < -0.39 is 46.0 Å². The number of aromatic nitrogens is 1. The van der Waals surface area contributed by atoms with Gasteiger partial charge in [-0.1, -0.05) is 72.8 Å². The van der Waals surface area contributed by atoms with Crippen molar-refractivity contribution in [3.8, 4) is 68.2 Å². The number of nitrogens with one attached hydrogen (secondary N) is 1. The van der Waals surface area contributed by atoms with Gasteiger partial charge in [-0.05, 0) is 56.9 Å². The van der Waals surface area contributed by atoms with Gasteiger partial charge >= 0.3 is 0 Å². The molecule has 9 nitrogen and oxygen atoms in total. The Labute approximate surface area is 275 Å². The number of rotatable bonds is 2. The molecule has 1 heterocycles. The minimum absolute atomic E-state index is 0.00257. The highest BCUT2D eigenvalue weighted by molar-refractivity contribution is 6.31. The van der Waals surface area contributed by atoms with Crippen LogP contribution in [0.15, 0.2) is 97.1 Å². The lowest BCUT2D eigenvalue weighted by molar-refractivity contribution is 0.350. The first-order valence-corrected chi connectivity index (χ1v) is 15.3. The normalized spacial score (nSPS) is 11.9. The van der Waals surface area contributed by atoms with Crippen molar-refractivity contribution in [2.45, 2.75) is 0 Å². The summed E-state index contributed by atoms with van der Waals surface area (Å²) in [6.07, 6.45) is 0. The van der Waals surface area contributed by atoms with Gasteiger partial charge in [-0.2, -0.15) is 0 Å². The van der Waals surface area contributed by atoms with Crippen LogP contribution in [0, 0.1) is 0 Å². The summed E-state index contributed by atoms with van der Waals surface area (Å²) in [6, 6.07) is 29.6. The summed E-state index contributed by atoms with van der Waals surface area (Å²) in [5.41, 5.74) is 2.38. The second-order valence-electron chi connectivity index (χ2n) is 12.2. The first kappa shape index (κ1) is 28.2. The first-order chi connectivity index (χ1) is 23.7. The first-order valence-electron chi connectivity index (χ1n) is 15.3. The minimum atomic E-state index is -1.01. The summed E-state index contributed by atoms with van der Waals surface area (Å²) in [7, 11) is 0. The average Bonchev–Trinajstić information content (AvgIpc) is 3.51. The Hall–Kier alpha value is -7.00. The van der Waals surface area contributed by atoms with E-state index >= 15 is 0 Å². The molecule has 9 heteroatoms. The van der Waals surface area contributed by atoms with Crippen LogP contribution in [0.5, 0.6) is 46.0 Å². The summed E-state index contributed by atoms with van der Waals surface area (Å²) in [5, 5.41) is 94.5. The summed E-state index contributed by atoms with van der Waals surface area (Å²) < 4.78 is 0. The molecule has 0 aliphatic carbocycles. The average molecular weight is 648 g/mol. The van der Waals surface area contributed by atoms with Gasteiger partial charge in [-0.3, -0.25) is 0 Å². The number of benzene rings is 8. The zero-order valence-corrected chi connectivity index (χ0v) is 25.3. The maximum Gasteiger partial charge on any atom is 0.204 e. The lowest BCUT2D eigenvalue weighted by Gasteiger charge is -2.23. The minimum Gasteiger partial charge on any atom is -0.504 e. The lowest BCUT2D eigenvalue weighted by atomic mass is 9.81. The number of aromatic hydroxyl groups is 8. The van der Waals surface area contributed by atoms with Gasteiger partial charge in [0.1, 0.15) is 0 Å². The molecule has 238 valence electrons. The number of phenolic OH excluding ortho intramolecular Hbond substituents is 8. The Balaban J connectivity index is 1.59. The molecule has 8 aromatic carbocycles. The van der Waals surface area contributed by atoms with Crippen molar-refractivity contribution in [3.05, 3.63) is 97.1 Å². The van der Waals surface area contributed by atoms with E-state index in [2.05, 4.69) is 4.98 Å². The van der Waals surface area contributed by atoms with Crippen LogP contribution >= 0.6 is 0 Å². The third-order valence-corrected chi connectivity index (χ3v) is 9.63. The molecule has 0 aliphatic rings. The predicted octanol–water partition coefficient (Wildman–Crippen LogP) is 8.91. The van der Waals surface area contributed by atoms with E-state index in [4.69, 9.17) is 0 Å². The van der Waals surface area contributed by atoms with Crippen molar-refractivity contribution in [1.29, 1.82) is 0 Å². The lowest BCUT2D eigenvalue weighted by Crippen LogP contribution is -1.95. The molecular formula is C40H25NO8. The Kier molecular flexibility index (Phi) is 5.62. The van der Waals surface area contributed by atoms with E-state index in [0.29, 0.717) is 16.5 Å². The van der Waals surface area contributed by atoms with Gasteiger partial charge in [0.05, 0.1) is 0 Å². The fourth-order valence-electron chi connectivity index (χ4n) is 7.44. The SMILES string of the molecule is Oc1c(O)c(O)c2c(-c3cc4ccccc4c4ccccc34)c3c(O)c(O)c(O)c(O)c3c(-c3ccc4[nH]c5ccccc5c4c3)c2c1O. The maximum atomic E-state index is 11.7. The van der Waals surface area contributed by atoms with Crippen LogP contribution in [-0.4, -0.2) is 45.8 Å². The summed E-state index contributed by atoms with van der Waals surface area (Å²) in [4.78, 5) is 3.34. The van der Waals surface area contributed by atoms with Crippen LogP contribution < -0.4 is 0 Å². The molecule has 0 fully saturated rings. The zero-order chi connectivity index (χ0) is 33.9. The van der Waals surface area contributed by atoms with Crippen molar-refractivity contribution < 1.29 is 40.9 Å². The van der Waals surface area contributed by atoms with Crippen LogP contribution in [0.3, 0.4) is 0 Å². The van der Waals surface area contributed by atoms with Crippen molar-refractivity contribution in [1.82, 2.24) is 4.98 Å². The molecule has 0 amide bonds. The summed E-state index contributed by atoms with van der Waals surface area (Å²) >= 11 is 0. The molecule has 0 unspecified atom stereocenters. The highest BCUT2D eigenvalue weighted by Crippen LogP contribution is 2.62. The van der Waals surface area contributed by atoms with E-state index in [1.807, 2.05) is 66.7 Å². The second-order valence-corrected chi connectivity index (χ2v) is 12.2. The van der Waals surface area contributed by atoms with Gasteiger partial charge in [-0.25, -0.2) is 0 Å². The molecule has 1 aromatic heterocycles. The fraction of sp³-hybridized carbons (Fsp3) is 0. The number of hydrogen-bond acceptors (Lipinski definition) is 8. The van der Waals surface area contributed by atoms with Gasteiger partial charge in [0.25, 0.3) is 0 Å². The van der Waals surface area contributed by atoms with Gasteiger partial charge in [0.2, 0.25) is 23.0 Å². The van der Waals surface area contributed by atoms with Gasteiger partial charge < -0.3 is 45.8 Å².